The molecule has 0 bridgehead atoms. The fourth-order valence-electron chi connectivity index (χ4n) is 1.81. The van der Waals surface area contributed by atoms with E-state index in [1.54, 1.807) is 6.20 Å². The summed E-state index contributed by atoms with van der Waals surface area (Å²) in [4.78, 5) is 0.960. The van der Waals surface area contributed by atoms with E-state index in [4.69, 9.17) is 0 Å². The smallest absolute Gasteiger partial charge is 0.126 e. The highest BCUT2D eigenvalue weighted by Crippen LogP contribution is 2.21. The molecule has 2 rings (SSSR count). The van der Waals surface area contributed by atoms with E-state index in [-0.39, 0.29) is 6.04 Å². The molecule has 0 radical (unpaired) electrons. The number of hydrogen-bond acceptors (Lipinski definition) is 4. The Bertz CT molecular complexity index is 482. The molecule has 1 N–H and O–H groups in total. The van der Waals surface area contributed by atoms with Gasteiger partial charge in [0.15, 0.2) is 0 Å². The van der Waals surface area contributed by atoms with E-state index in [9.17, 15) is 8.78 Å². The van der Waals surface area contributed by atoms with Crippen LogP contribution >= 0.6 is 11.5 Å². The maximum absolute atomic E-state index is 13.1. The highest BCUT2D eigenvalue weighted by molar-refractivity contribution is 7.05. The normalized spacial score (nSPS) is 12.6. The van der Waals surface area contributed by atoms with Crippen molar-refractivity contribution in [3.8, 4) is 0 Å². The predicted octanol–water partition coefficient (Wildman–Crippen LogP) is 2.71. The van der Waals surface area contributed by atoms with Crippen molar-refractivity contribution in [1.82, 2.24) is 14.9 Å². The van der Waals surface area contributed by atoms with Crippen LogP contribution in [-0.2, 0) is 6.42 Å². The van der Waals surface area contributed by atoms with Gasteiger partial charge in [-0.15, -0.1) is 5.10 Å². The van der Waals surface area contributed by atoms with Crippen LogP contribution in [0, 0.1) is 11.6 Å². The quantitative estimate of drug-likeness (QED) is 0.907. The fraction of sp³-hybridized carbons (Fsp3) is 0.333. The minimum Gasteiger partial charge on any atom is -0.309 e. The van der Waals surface area contributed by atoms with E-state index in [0.717, 1.165) is 17.5 Å². The summed E-state index contributed by atoms with van der Waals surface area (Å²) in [6.45, 7) is 2.74. The SMILES string of the molecule is CCNC(Cc1cc(F)cc(F)c1)c1cnns1. The van der Waals surface area contributed by atoms with Gasteiger partial charge in [-0.2, -0.15) is 0 Å². The highest BCUT2D eigenvalue weighted by atomic mass is 32.1. The third kappa shape index (κ3) is 3.30. The summed E-state index contributed by atoms with van der Waals surface area (Å²) in [6.07, 6.45) is 2.18. The van der Waals surface area contributed by atoms with Crippen LogP contribution in [-0.4, -0.2) is 16.1 Å². The lowest BCUT2D eigenvalue weighted by atomic mass is 10.0. The molecule has 0 fully saturated rings. The summed E-state index contributed by atoms with van der Waals surface area (Å²) < 4.78 is 30.1. The Labute approximate surface area is 108 Å². The lowest BCUT2D eigenvalue weighted by Crippen LogP contribution is -2.22. The monoisotopic (exact) mass is 269 g/mol. The Morgan fingerprint density at radius 3 is 2.56 bits per heavy atom. The molecule has 0 aliphatic heterocycles. The van der Waals surface area contributed by atoms with Crippen molar-refractivity contribution in [2.24, 2.45) is 0 Å². The first kappa shape index (κ1) is 13.0. The van der Waals surface area contributed by atoms with Crippen molar-refractivity contribution in [3.05, 3.63) is 46.5 Å². The van der Waals surface area contributed by atoms with Crippen molar-refractivity contribution in [2.45, 2.75) is 19.4 Å². The molecular weight excluding hydrogens is 256 g/mol. The van der Waals surface area contributed by atoms with Gasteiger partial charge in [0.05, 0.1) is 11.1 Å². The Hall–Kier alpha value is -1.40. The van der Waals surface area contributed by atoms with Gasteiger partial charge >= 0.3 is 0 Å². The zero-order valence-corrected chi connectivity index (χ0v) is 10.7. The number of nitrogens with zero attached hydrogens (tertiary/aromatic N) is 2. The summed E-state index contributed by atoms with van der Waals surface area (Å²) in [5.74, 6) is -1.11. The fourth-order valence-corrected chi connectivity index (χ4v) is 2.39. The van der Waals surface area contributed by atoms with Gasteiger partial charge < -0.3 is 5.32 Å². The number of nitrogens with one attached hydrogen (secondary N) is 1. The van der Waals surface area contributed by atoms with Crippen LogP contribution in [0.5, 0.6) is 0 Å². The molecule has 18 heavy (non-hydrogen) atoms. The van der Waals surface area contributed by atoms with Crippen LogP contribution in [0.4, 0.5) is 8.78 Å². The van der Waals surface area contributed by atoms with Gasteiger partial charge in [0, 0.05) is 12.1 Å². The zero-order chi connectivity index (χ0) is 13.0. The summed E-state index contributed by atoms with van der Waals surface area (Å²) in [6, 6.07) is 3.56. The second kappa shape index (κ2) is 5.97. The third-order valence-electron chi connectivity index (χ3n) is 2.53. The van der Waals surface area contributed by atoms with Crippen LogP contribution in [0.15, 0.2) is 24.4 Å². The molecule has 1 atom stereocenters. The minimum absolute atomic E-state index is 0.0174. The van der Waals surface area contributed by atoms with Crippen molar-refractivity contribution >= 4 is 11.5 Å². The number of benzene rings is 1. The van der Waals surface area contributed by atoms with Gasteiger partial charge in [0.25, 0.3) is 0 Å². The van der Waals surface area contributed by atoms with Gasteiger partial charge in [-0.1, -0.05) is 11.4 Å². The molecule has 0 aliphatic rings. The van der Waals surface area contributed by atoms with Gasteiger partial charge in [-0.05, 0) is 42.2 Å². The number of rotatable bonds is 5. The topological polar surface area (TPSA) is 37.8 Å². The van der Waals surface area contributed by atoms with E-state index in [2.05, 4.69) is 14.9 Å². The average Bonchev–Trinajstić information content (AvgIpc) is 2.80. The van der Waals surface area contributed by atoms with Gasteiger partial charge in [0.1, 0.15) is 11.6 Å². The van der Waals surface area contributed by atoms with Crippen molar-refractivity contribution in [1.29, 1.82) is 0 Å². The molecule has 1 heterocycles. The first-order valence-corrected chi connectivity index (χ1v) is 6.42. The molecule has 2 aromatic rings. The molecule has 0 saturated carbocycles. The van der Waals surface area contributed by atoms with E-state index in [1.165, 1.54) is 23.7 Å². The third-order valence-corrected chi connectivity index (χ3v) is 3.31. The first-order chi connectivity index (χ1) is 8.69. The standard InChI is InChI=1S/C12H13F2N3S/c1-2-15-11(12-7-16-17-18-12)5-8-3-9(13)6-10(14)4-8/h3-4,6-7,11,15H,2,5H2,1H3. The van der Waals surface area contributed by atoms with Crippen LogP contribution < -0.4 is 5.32 Å². The second-order valence-electron chi connectivity index (χ2n) is 3.91. The van der Waals surface area contributed by atoms with E-state index < -0.39 is 11.6 Å². The molecule has 0 aliphatic carbocycles. The molecular formula is C12H13F2N3S. The Balaban J connectivity index is 2.18. The molecule has 1 unspecified atom stereocenters. The first-order valence-electron chi connectivity index (χ1n) is 5.64. The largest absolute Gasteiger partial charge is 0.309 e. The molecule has 1 aromatic heterocycles. The van der Waals surface area contributed by atoms with E-state index in [0.29, 0.717) is 12.0 Å². The Kier molecular flexibility index (Phi) is 4.33. The summed E-state index contributed by atoms with van der Waals surface area (Å²) >= 11 is 1.29. The number of halogens is 2. The summed E-state index contributed by atoms with van der Waals surface area (Å²) in [7, 11) is 0. The van der Waals surface area contributed by atoms with Crippen LogP contribution in [0.3, 0.4) is 0 Å². The molecule has 96 valence electrons. The molecule has 3 nitrogen and oxygen atoms in total. The van der Waals surface area contributed by atoms with Crippen molar-refractivity contribution in [2.75, 3.05) is 6.54 Å². The number of likely N-dealkylation sites (N-methyl/N-ethyl adjacent to an activating group) is 1. The maximum Gasteiger partial charge on any atom is 0.126 e. The number of hydrogen-bond donors (Lipinski definition) is 1. The van der Waals surface area contributed by atoms with Gasteiger partial charge in [-0.25, -0.2) is 8.78 Å². The Morgan fingerprint density at radius 1 is 1.28 bits per heavy atom. The number of aromatic nitrogens is 2. The molecule has 0 amide bonds. The van der Waals surface area contributed by atoms with E-state index in [1.807, 2.05) is 6.92 Å². The van der Waals surface area contributed by atoms with Gasteiger partial charge in [0.2, 0.25) is 0 Å². The van der Waals surface area contributed by atoms with Crippen molar-refractivity contribution < 1.29 is 8.78 Å². The molecule has 0 saturated heterocycles. The molecule has 6 heteroatoms. The average molecular weight is 269 g/mol. The van der Waals surface area contributed by atoms with Gasteiger partial charge in [-0.3, -0.25) is 0 Å². The Morgan fingerprint density at radius 2 is 2.00 bits per heavy atom. The predicted molar refractivity (Wildman–Crippen MR) is 66.4 cm³/mol. The summed E-state index contributed by atoms with van der Waals surface area (Å²) in [5, 5.41) is 7.04. The minimum atomic E-state index is -0.553. The van der Waals surface area contributed by atoms with Crippen molar-refractivity contribution in [3.63, 3.8) is 0 Å². The zero-order valence-electron chi connectivity index (χ0n) is 9.86. The molecule has 1 aromatic carbocycles. The lowest BCUT2D eigenvalue weighted by molar-refractivity contribution is 0.544. The van der Waals surface area contributed by atoms with E-state index >= 15 is 0 Å². The van der Waals surface area contributed by atoms with Crippen LogP contribution in [0.2, 0.25) is 0 Å². The maximum atomic E-state index is 13.1. The van der Waals surface area contributed by atoms with Crippen LogP contribution in [0.1, 0.15) is 23.4 Å². The lowest BCUT2D eigenvalue weighted by Gasteiger charge is -2.15. The molecule has 0 spiro atoms. The highest BCUT2D eigenvalue weighted by Gasteiger charge is 2.14. The van der Waals surface area contributed by atoms with Crippen LogP contribution in [0.25, 0.3) is 0 Å². The second-order valence-corrected chi connectivity index (χ2v) is 4.73. The summed E-state index contributed by atoms with van der Waals surface area (Å²) in [5.41, 5.74) is 0.617.